The highest BCUT2D eigenvalue weighted by Crippen LogP contribution is 2.08. The molecule has 0 fully saturated rings. The van der Waals surface area contributed by atoms with Crippen molar-refractivity contribution in [2.24, 2.45) is 0 Å². The van der Waals surface area contributed by atoms with Gasteiger partial charge in [0, 0.05) is 12.2 Å². The largest absolute Gasteiger partial charge is 0.460 e. The van der Waals surface area contributed by atoms with Crippen LogP contribution in [-0.4, -0.2) is 193 Å². The summed E-state index contributed by atoms with van der Waals surface area (Å²) in [6.45, 7) is 16.4. The fourth-order valence-corrected chi connectivity index (χ4v) is 3.88. The summed E-state index contributed by atoms with van der Waals surface area (Å²) < 4.78 is 70.5. The highest BCUT2D eigenvalue weighted by atomic mass is 16.6. The minimum Gasteiger partial charge on any atom is -0.460 e. The van der Waals surface area contributed by atoms with Crippen molar-refractivity contribution in [2.75, 3.05) is 165 Å². The number of amides is 2. The van der Waals surface area contributed by atoms with E-state index in [1.165, 1.54) is 12.2 Å². The summed E-state index contributed by atoms with van der Waals surface area (Å²) >= 11 is 0. The number of imide groups is 1. The van der Waals surface area contributed by atoms with Crippen molar-refractivity contribution in [3.63, 3.8) is 0 Å². The molecule has 0 bridgehead atoms. The van der Waals surface area contributed by atoms with E-state index in [1.54, 1.807) is 0 Å². The van der Waals surface area contributed by atoms with Crippen molar-refractivity contribution >= 4 is 17.8 Å². The Morgan fingerprint density at radius 2 is 0.654 bits per heavy atom. The van der Waals surface area contributed by atoms with E-state index in [1.807, 2.05) is 20.8 Å². The minimum atomic E-state index is -0.480. The molecule has 0 radical (unpaired) electrons. The van der Waals surface area contributed by atoms with Gasteiger partial charge in [0.15, 0.2) is 0 Å². The number of rotatable bonds is 39. The molecule has 0 saturated heterocycles. The van der Waals surface area contributed by atoms with Crippen LogP contribution in [0.2, 0.25) is 0 Å². The summed E-state index contributed by atoms with van der Waals surface area (Å²) in [6.07, 6.45) is 2.73. The molecule has 17 heteroatoms. The van der Waals surface area contributed by atoms with Crippen molar-refractivity contribution in [3.8, 4) is 0 Å². The Labute approximate surface area is 308 Å². The van der Waals surface area contributed by atoms with Crippen molar-refractivity contribution in [3.05, 3.63) is 12.2 Å². The van der Waals surface area contributed by atoms with E-state index in [-0.39, 0.29) is 37.4 Å². The monoisotopic (exact) mass is 753 g/mol. The number of nitrogens with zero attached hydrogens (tertiary/aromatic N) is 1. The van der Waals surface area contributed by atoms with Gasteiger partial charge in [-0.05, 0) is 20.8 Å². The van der Waals surface area contributed by atoms with E-state index in [9.17, 15) is 14.4 Å². The molecular weight excluding hydrogens is 690 g/mol. The van der Waals surface area contributed by atoms with Gasteiger partial charge in [0.1, 0.15) is 5.60 Å². The lowest BCUT2D eigenvalue weighted by Crippen LogP contribution is -2.33. The number of hydrogen-bond donors (Lipinski definition) is 0. The third-order valence-electron chi connectivity index (χ3n) is 6.32. The lowest BCUT2D eigenvalue weighted by Gasteiger charge is -2.19. The second kappa shape index (κ2) is 34.6. The van der Waals surface area contributed by atoms with Gasteiger partial charge in [-0.15, -0.1) is 0 Å². The van der Waals surface area contributed by atoms with Crippen LogP contribution in [0.1, 0.15) is 27.2 Å². The zero-order valence-electron chi connectivity index (χ0n) is 31.5. The maximum absolute atomic E-state index is 11.6. The van der Waals surface area contributed by atoms with E-state index < -0.39 is 5.60 Å². The van der Waals surface area contributed by atoms with Gasteiger partial charge < -0.3 is 61.6 Å². The van der Waals surface area contributed by atoms with Crippen molar-refractivity contribution in [2.45, 2.75) is 32.8 Å². The smallest absolute Gasteiger partial charge is 0.308 e. The van der Waals surface area contributed by atoms with Gasteiger partial charge >= 0.3 is 5.97 Å². The lowest BCUT2D eigenvalue weighted by atomic mass is 10.2. The SMILES string of the molecule is CC(C)(C)OC(=O)CCOCCOCCOCCOCCOCCOCCOCCOCCOCCOCCOCCOCCN1C(=O)C=CC1=O. The summed E-state index contributed by atoms with van der Waals surface area (Å²) in [5, 5.41) is 0. The molecule has 0 aromatic carbocycles. The molecule has 1 aliphatic rings. The summed E-state index contributed by atoms with van der Waals surface area (Å²) in [4.78, 5) is 35.5. The van der Waals surface area contributed by atoms with E-state index >= 15 is 0 Å². The van der Waals surface area contributed by atoms with Crippen LogP contribution in [0.15, 0.2) is 12.2 Å². The van der Waals surface area contributed by atoms with Gasteiger partial charge in [0.25, 0.3) is 11.8 Å². The van der Waals surface area contributed by atoms with Crippen LogP contribution in [0.4, 0.5) is 0 Å². The molecule has 0 N–H and O–H groups in total. The summed E-state index contributed by atoms with van der Waals surface area (Å²) in [6, 6.07) is 0. The Balaban J connectivity index is 1.63. The lowest BCUT2D eigenvalue weighted by molar-refractivity contribution is -0.156. The second-order valence-corrected chi connectivity index (χ2v) is 11.8. The number of carbonyl (C=O) groups is 3. The molecule has 304 valence electrons. The van der Waals surface area contributed by atoms with Crippen LogP contribution >= 0.6 is 0 Å². The van der Waals surface area contributed by atoms with Crippen molar-refractivity contribution < 1.29 is 76.0 Å². The van der Waals surface area contributed by atoms with Gasteiger partial charge in [0.2, 0.25) is 0 Å². The molecule has 0 atom stereocenters. The van der Waals surface area contributed by atoms with Crippen LogP contribution in [0.25, 0.3) is 0 Å². The number of carbonyl (C=O) groups excluding carboxylic acids is 3. The fourth-order valence-electron chi connectivity index (χ4n) is 3.88. The number of ether oxygens (including phenoxy) is 13. The zero-order valence-corrected chi connectivity index (χ0v) is 31.5. The first kappa shape index (κ1) is 47.9. The predicted octanol–water partition coefficient (Wildman–Crippen LogP) is 0.842. The van der Waals surface area contributed by atoms with E-state index in [0.29, 0.717) is 152 Å². The third-order valence-corrected chi connectivity index (χ3v) is 6.32. The number of hydrogen-bond acceptors (Lipinski definition) is 16. The van der Waals surface area contributed by atoms with Crippen LogP contribution < -0.4 is 0 Å². The Hall–Kier alpha value is -2.13. The molecule has 0 aromatic rings. The molecule has 0 aromatic heterocycles. The van der Waals surface area contributed by atoms with Gasteiger partial charge in [0.05, 0.1) is 172 Å². The molecular formula is C35H63NO16. The molecule has 52 heavy (non-hydrogen) atoms. The summed E-state index contributed by atoms with van der Waals surface area (Å²) in [7, 11) is 0. The van der Waals surface area contributed by atoms with Crippen LogP contribution in [0.5, 0.6) is 0 Å². The molecule has 0 spiro atoms. The average Bonchev–Trinajstić information content (AvgIpc) is 3.42. The topological polar surface area (TPSA) is 174 Å². The molecule has 1 heterocycles. The van der Waals surface area contributed by atoms with Crippen LogP contribution in [-0.2, 0) is 76.0 Å². The van der Waals surface area contributed by atoms with E-state index in [2.05, 4.69) is 0 Å². The average molecular weight is 754 g/mol. The fraction of sp³-hybridized carbons (Fsp3) is 0.857. The molecule has 1 aliphatic heterocycles. The Kier molecular flexibility index (Phi) is 31.9. The Morgan fingerprint density at radius 3 is 0.904 bits per heavy atom. The molecule has 1 rings (SSSR count). The second-order valence-electron chi connectivity index (χ2n) is 11.8. The van der Waals surface area contributed by atoms with Crippen molar-refractivity contribution in [1.82, 2.24) is 4.90 Å². The standard InChI is InChI=1S/C35H63NO16/c1-35(2,3)52-34(39)6-8-40-10-12-42-14-16-44-18-20-46-22-24-48-26-28-50-30-31-51-29-27-49-25-23-47-21-19-45-17-15-43-13-11-41-9-7-36-32(37)4-5-33(36)38/h4-5H,6-31H2,1-3H3. The molecule has 0 unspecified atom stereocenters. The first-order chi connectivity index (χ1) is 25.3. The molecule has 0 saturated carbocycles. The maximum atomic E-state index is 11.6. The Morgan fingerprint density at radius 1 is 0.423 bits per heavy atom. The summed E-state index contributed by atoms with van der Waals surface area (Å²) in [5.74, 6) is -0.891. The molecule has 17 nitrogen and oxygen atoms in total. The molecule has 0 aliphatic carbocycles. The van der Waals surface area contributed by atoms with Crippen molar-refractivity contribution in [1.29, 1.82) is 0 Å². The van der Waals surface area contributed by atoms with Gasteiger partial charge in [-0.2, -0.15) is 0 Å². The van der Waals surface area contributed by atoms with Crippen LogP contribution in [0, 0.1) is 0 Å². The predicted molar refractivity (Wildman–Crippen MR) is 186 cm³/mol. The quantitative estimate of drug-likeness (QED) is 0.0490. The van der Waals surface area contributed by atoms with E-state index in [4.69, 9.17) is 61.6 Å². The highest BCUT2D eigenvalue weighted by Gasteiger charge is 2.22. The van der Waals surface area contributed by atoms with Gasteiger partial charge in [-0.25, -0.2) is 0 Å². The van der Waals surface area contributed by atoms with Gasteiger partial charge in [-0.1, -0.05) is 0 Å². The maximum Gasteiger partial charge on any atom is 0.308 e. The Bertz CT molecular complexity index is 883. The highest BCUT2D eigenvalue weighted by molar-refractivity contribution is 6.12. The normalized spacial score (nSPS) is 13.2. The first-order valence-corrected chi connectivity index (χ1v) is 18.0. The van der Waals surface area contributed by atoms with E-state index in [0.717, 1.165) is 4.90 Å². The summed E-state index contributed by atoms with van der Waals surface area (Å²) in [5.41, 5.74) is -0.480. The molecule has 2 amide bonds. The third kappa shape index (κ3) is 32.5. The number of esters is 1. The minimum absolute atomic E-state index is 0.225. The van der Waals surface area contributed by atoms with Crippen LogP contribution in [0.3, 0.4) is 0 Å². The zero-order chi connectivity index (χ0) is 37.8. The van der Waals surface area contributed by atoms with Gasteiger partial charge in [-0.3, -0.25) is 19.3 Å². The first-order valence-electron chi connectivity index (χ1n) is 18.0.